The van der Waals surface area contributed by atoms with Gasteiger partial charge in [0.25, 0.3) is 0 Å². The number of nitrogens with zero attached hydrogens (tertiary/aromatic N) is 1. The normalized spacial score (nSPS) is 10.8. The van der Waals surface area contributed by atoms with Gasteiger partial charge in [0, 0.05) is 30.0 Å². The zero-order valence-electron chi connectivity index (χ0n) is 11.8. The fraction of sp³-hybridized carbons (Fsp3) is 0.222. The second kappa shape index (κ2) is 5.83. The van der Waals surface area contributed by atoms with Gasteiger partial charge in [0.2, 0.25) is 0 Å². The number of hydrogen-bond donors (Lipinski definition) is 1. The molecule has 0 aliphatic carbocycles. The third kappa shape index (κ3) is 2.69. The Balaban J connectivity index is 1.61. The van der Waals surface area contributed by atoms with Crippen molar-refractivity contribution >= 4 is 16.6 Å². The molecule has 0 saturated heterocycles. The molecule has 0 fully saturated rings. The van der Waals surface area contributed by atoms with E-state index in [1.54, 1.807) is 0 Å². The van der Waals surface area contributed by atoms with Crippen molar-refractivity contribution in [3.8, 4) is 0 Å². The first-order valence-electron chi connectivity index (χ1n) is 7.18. The maximum absolute atomic E-state index is 3.46. The van der Waals surface area contributed by atoms with Crippen molar-refractivity contribution in [2.24, 2.45) is 0 Å². The van der Waals surface area contributed by atoms with Gasteiger partial charge in [0.1, 0.15) is 0 Å². The minimum absolute atomic E-state index is 0.996. The third-order valence-electron chi connectivity index (χ3n) is 3.68. The number of hydrogen-bond acceptors (Lipinski definition) is 1. The molecule has 2 nitrogen and oxygen atoms in total. The van der Waals surface area contributed by atoms with Crippen LogP contribution in [0.4, 0.5) is 5.69 Å². The van der Waals surface area contributed by atoms with Crippen molar-refractivity contribution in [3.05, 3.63) is 66.4 Å². The molecule has 3 rings (SSSR count). The lowest BCUT2D eigenvalue weighted by molar-refractivity contribution is 0.668. The summed E-state index contributed by atoms with van der Waals surface area (Å²) in [7, 11) is 0. The number of para-hydroxylation sites is 2. The van der Waals surface area contributed by atoms with Crippen LogP contribution in [0.3, 0.4) is 0 Å². The highest BCUT2D eigenvalue weighted by molar-refractivity contribution is 5.81. The molecule has 0 saturated carbocycles. The van der Waals surface area contributed by atoms with Crippen LogP contribution in [0.2, 0.25) is 0 Å². The summed E-state index contributed by atoms with van der Waals surface area (Å²) in [6, 6.07) is 21.2. The zero-order valence-corrected chi connectivity index (χ0v) is 11.8. The van der Waals surface area contributed by atoms with Crippen molar-refractivity contribution in [1.29, 1.82) is 0 Å². The van der Waals surface area contributed by atoms with Crippen LogP contribution in [0.15, 0.2) is 60.7 Å². The van der Waals surface area contributed by atoms with Gasteiger partial charge in [-0.15, -0.1) is 0 Å². The maximum atomic E-state index is 3.46. The van der Waals surface area contributed by atoms with Gasteiger partial charge in [-0.25, -0.2) is 0 Å². The van der Waals surface area contributed by atoms with Crippen molar-refractivity contribution in [3.63, 3.8) is 0 Å². The van der Waals surface area contributed by atoms with E-state index in [9.17, 15) is 0 Å². The van der Waals surface area contributed by atoms with Crippen LogP contribution in [-0.4, -0.2) is 11.1 Å². The first-order chi connectivity index (χ1) is 9.84. The highest BCUT2D eigenvalue weighted by atomic mass is 15.0. The predicted octanol–water partition coefficient (Wildman–Crippen LogP) is 4.45. The SMILES string of the molecule is Cc1cc2ccccc2n1CCCNc1ccccc1. The summed E-state index contributed by atoms with van der Waals surface area (Å²) in [4.78, 5) is 0. The van der Waals surface area contributed by atoms with Crippen LogP contribution in [0.5, 0.6) is 0 Å². The molecule has 0 aliphatic heterocycles. The minimum Gasteiger partial charge on any atom is -0.385 e. The van der Waals surface area contributed by atoms with E-state index in [4.69, 9.17) is 0 Å². The summed E-state index contributed by atoms with van der Waals surface area (Å²) >= 11 is 0. The zero-order chi connectivity index (χ0) is 13.8. The Bertz CT molecular complexity index is 683. The molecule has 2 heteroatoms. The Morgan fingerprint density at radius 3 is 2.55 bits per heavy atom. The third-order valence-corrected chi connectivity index (χ3v) is 3.68. The van der Waals surface area contributed by atoms with E-state index in [2.05, 4.69) is 71.4 Å². The van der Waals surface area contributed by atoms with Crippen LogP contribution in [-0.2, 0) is 6.54 Å². The fourth-order valence-corrected chi connectivity index (χ4v) is 2.67. The molecule has 0 unspecified atom stereocenters. The van der Waals surface area contributed by atoms with E-state index < -0.39 is 0 Å². The van der Waals surface area contributed by atoms with E-state index in [1.807, 2.05) is 6.07 Å². The average Bonchev–Trinajstić information content (AvgIpc) is 2.80. The largest absolute Gasteiger partial charge is 0.385 e. The van der Waals surface area contributed by atoms with Gasteiger partial charge in [-0.2, -0.15) is 0 Å². The number of aryl methyl sites for hydroxylation is 2. The van der Waals surface area contributed by atoms with E-state index in [0.717, 1.165) is 19.5 Å². The van der Waals surface area contributed by atoms with Gasteiger partial charge >= 0.3 is 0 Å². The van der Waals surface area contributed by atoms with Gasteiger partial charge in [-0.3, -0.25) is 0 Å². The molecule has 1 aromatic heterocycles. The quantitative estimate of drug-likeness (QED) is 0.674. The molecule has 0 amide bonds. The second-order valence-electron chi connectivity index (χ2n) is 5.14. The Hall–Kier alpha value is -2.22. The molecule has 0 bridgehead atoms. The van der Waals surface area contributed by atoms with Gasteiger partial charge in [-0.05, 0) is 43.0 Å². The van der Waals surface area contributed by atoms with E-state index >= 15 is 0 Å². The van der Waals surface area contributed by atoms with Gasteiger partial charge < -0.3 is 9.88 Å². The topological polar surface area (TPSA) is 17.0 Å². The first kappa shape index (κ1) is 12.8. The van der Waals surface area contributed by atoms with Gasteiger partial charge in [0.05, 0.1) is 0 Å². The smallest absolute Gasteiger partial charge is 0.0482 e. The van der Waals surface area contributed by atoms with E-state index in [0.29, 0.717) is 0 Å². The fourth-order valence-electron chi connectivity index (χ4n) is 2.67. The highest BCUT2D eigenvalue weighted by Gasteiger charge is 2.03. The summed E-state index contributed by atoms with van der Waals surface area (Å²) in [5.41, 5.74) is 3.87. The number of rotatable bonds is 5. The number of nitrogens with one attached hydrogen (secondary N) is 1. The van der Waals surface area contributed by atoms with Crippen LogP contribution >= 0.6 is 0 Å². The summed E-state index contributed by atoms with van der Waals surface area (Å²) in [5.74, 6) is 0. The summed E-state index contributed by atoms with van der Waals surface area (Å²) < 4.78 is 2.40. The monoisotopic (exact) mass is 264 g/mol. The number of fused-ring (bicyclic) bond motifs is 1. The number of benzene rings is 2. The van der Waals surface area contributed by atoms with E-state index in [-0.39, 0.29) is 0 Å². The molecule has 0 spiro atoms. The van der Waals surface area contributed by atoms with Crippen molar-refractivity contribution < 1.29 is 0 Å². The van der Waals surface area contributed by atoms with Crippen molar-refractivity contribution in [2.45, 2.75) is 19.9 Å². The van der Waals surface area contributed by atoms with Crippen LogP contribution in [0.1, 0.15) is 12.1 Å². The molecule has 3 aromatic rings. The minimum atomic E-state index is 0.996. The molecule has 0 aliphatic rings. The highest BCUT2D eigenvalue weighted by Crippen LogP contribution is 2.19. The predicted molar refractivity (Wildman–Crippen MR) is 86.2 cm³/mol. The lowest BCUT2D eigenvalue weighted by atomic mass is 10.2. The van der Waals surface area contributed by atoms with Gasteiger partial charge in [-0.1, -0.05) is 36.4 Å². The Labute approximate surface area is 120 Å². The van der Waals surface area contributed by atoms with E-state index in [1.165, 1.54) is 22.3 Å². The standard InChI is InChI=1S/C18H20N2/c1-15-14-16-8-5-6-11-18(16)20(15)13-7-12-19-17-9-3-2-4-10-17/h2-6,8-11,14,19H,7,12-13H2,1H3. The molecule has 1 N–H and O–H groups in total. The summed E-state index contributed by atoms with van der Waals surface area (Å²) in [6.07, 6.45) is 1.12. The second-order valence-corrected chi connectivity index (χ2v) is 5.14. The number of aromatic nitrogens is 1. The molecule has 1 heterocycles. The lowest BCUT2D eigenvalue weighted by Crippen LogP contribution is -2.07. The van der Waals surface area contributed by atoms with Crippen molar-refractivity contribution in [2.75, 3.05) is 11.9 Å². The Morgan fingerprint density at radius 2 is 1.70 bits per heavy atom. The molecular formula is C18H20N2. The number of anilines is 1. The molecule has 0 radical (unpaired) electrons. The Kier molecular flexibility index (Phi) is 3.73. The Morgan fingerprint density at radius 1 is 0.950 bits per heavy atom. The average molecular weight is 264 g/mol. The molecule has 2 aromatic carbocycles. The lowest BCUT2D eigenvalue weighted by Gasteiger charge is -2.10. The van der Waals surface area contributed by atoms with Gasteiger partial charge in [0.15, 0.2) is 0 Å². The molecular weight excluding hydrogens is 244 g/mol. The maximum Gasteiger partial charge on any atom is 0.0482 e. The summed E-state index contributed by atoms with van der Waals surface area (Å²) in [5, 5.41) is 4.80. The summed E-state index contributed by atoms with van der Waals surface area (Å²) in [6.45, 7) is 4.24. The van der Waals surface area contributed by atoms with Crippen LogP contribution < -0.4 is 5.32 Å². The van der Waals surface area contributed by atoms with Crippen LogP contribution in [0, 0.1) is 6.92 Å². The molecule has 20 heavy (non-hydrogen) atoms. The first-order valence-corrected chi connectivity index (χ1v) is 7.18. The molecule has 0 atom stereocenters. The van der Waals surface area contributed by atoms with Crippen molar-refractivity contribution in [1.82, 2.24) is 4.57 Å². The molecule has 102 valence electrons. The van der Waals surface area contributed by atoms with Crippen LogP contribution in [0.25, 0.3) is 10.9 Å².